The molecule has 0 aliphatic rings. The molecule has 1 unspecified atom stereocenters. The summed E-state index contributed by atoms with van der Waals surface area (Å²) in [7, 11) is 0. The van der Waals surface area contributed by atoms with Crippen LogP contribution in [0.15, 0.2) is 4.99 Å². The first-order valence-electron chi connectivity index (χ1n) is 9.76. The minimum absolute atomic E-state index is 0.122. The van der Waals surface area contributed by atoms with Gasteiger partial charge in [-0.25, -0.2) is 0 Å². The summed E-state index contributed by atoms with van der Waals surface area (Å²) in [6.45, 7) is 17.6. The molecule has 0 fully saturated rings. The summed E-state index contributed by atoms with van der Waals surface area (Å²) in [6, 6.07) is 0.528. The fourth-order valence-corrected chi connectivity index (χ4v) is 3.04. The van der Waals surface area contributed by atoms with Gasteiger partial charge in [-0.05, 0) is 57.8 Å². The van der Waals surface area contributed by atoms with Crippen molar-refractivity contribution in [1.82, 2.24) is 4.90 Å². The van der Waals surface area contributed by atoms with Crippen molar-refractivity contribution in [2.45, 2.75) is 98.6 Å². The maximum Gasteiger partial charge on any atom is 0.0908 e. The smallest absolute Gasteiger partial charge is 0.0908 e. The molecule has 0 heterocycles. The average Bonchev–Trinajstić information content (AvgIpc) is 2.44. The van der Waals surface area contributed by atoms with Crippen LogP contribution in [0, 0.1) is 11.8 Å². The third kappa shape index (κ3) is 11.7. The number of nitrogens with zero attached hydrogens (tertiary/aromatic N) is 2. The highest BCUT2D eigenvalue weighted by Gasteiger charge is 2.25. The Labute approximate surface area is 146 Å². The summed E-state index contributed by atoms with van der Waals surface area (Å²) < 4.78 is 0. The van der Waals surface area contributed by atoms with Crippen molar-refractivity contribution in [3.63, 3.8) is 0 Å². The molecular formula is C20H43N3. The highest BCUT2D eigenvalue weighted by Crippen LogP contribution is 2.21. The monoisotopic (exact) mass is 325 g/mol. The minimum Gasteiger partial charge on any atom is -0.326 e. The average molecular weight is 326 g/mol. The Balaban J connectivity index is 4.95. The van der Waals surface area contributed by atoms with E-state index in [0.717, 1.165) is 19.6 Å². The fourth-order valence-electron chi connectivity index (χ4n) is 3.04. The molecule has 0 radical (unpaired) electrons. The summed E-state index contributed by atoms with van der Waals surface area (Å²) in [5.41, 5.74) is 6.21. The summed E-state index contributed by atoms with van der Waals surface area (Å²) in [4.78, 5) is 7.35. The number of aliphatic imine (C=N–C) groups is 1. The number of unbranched alkanes of at least 4 members (excludes halogenated alkanes) is 1. The molecule has 0 spiro atoms. The highest BCUT2D eigenvalue weighted by molar-refractivity contribution is 5.60. The first-order valence-corrected chi connectivity index (χ1v) is 9.76. The van der Waals surface area contributed by atoms with Crippen molar-refractivity contribution in [3.8, 4) is 0 Å². The lowest BCUT2D eigenvalue weighted by atomic mass is 9.90. The van der Waals surface area contributed by atoms with Crippen LogP contribution >= 0.6 is 0 Å². The molecule has 0 saturated heterocycles. The van der Waals surface area contributed by atoms with E-state index in [0.29, 0.717) is 17.9 Å². The van der Waals surface area contributed by atoms with Crippen molar-refractivity contribution in [2.75, 3.05) is 13.2 Å². The van der Waals surface area contributed by atoms with Gasteiger partial charge in [0.25, 0.3) is 0 Å². The predicted octanol–water partition coefficient (Wildman–Crippen LogP) is 5.10. The highest BCUT2D eigenvalue weighted by atomic mass is 15.2. The zero-order valence-electron chi connectivity index (χ0n) is 16.9. The Bertz CT molecular complexity index is 300. The minimum atomic E-state index is -0.122. The van der Waals surface area contributed by atoms with Crippen molar-refractivity contribution >= 4 is 6.21 Å². The van der Waals surface area contributed by atoms with Crippen LogP contribution in [0.3, 0.4) is 0 Å². The van der Waals surface area contributed by atoms with Crippen molar-refractivity contribution < 1.29 is 0 Å². The Morgan fingerprint density at radius 3 is 2.17 bits per heavy atom. The third-order valence-electron chi connectivity index (χ3n) is 4.45. The second-order valence-corrected chi connectivity index (χ2v) is 8.19. The van der Waals surface area contributed by atoms with E-state index in [-0.39, 0.29) is 5.54 Å². The lowest BCUT2D eigenvalue weighted by Gasteiger charge is -2.36. The van der Waals surface area contributed by atoms with Crippen LogP contribution in [0.5, 0.6) is 0 Å². The van der Waals surface area contributed by atoms with Gasteiger partial charge in [-0.1, -0.05) is 41.0 Å². The molecule has 0 bridgehead atoms. The molecule has 3 nitrogen and oxygen atoms in total. The summed E-state index contributed by atoms with van der Waals surface area (Å²) >= 11 is 0. The van der Waals surface area contributed by atoms with E-state index in [1.54, 1.807) is 0 Å². The predicted molar refractivity (Wildman–Crippen MR) is 105 cm³/mol. The maximum absolute atomic E-state index is 6.33. The van der Waals surface area contributed by atoms with Gasteiger partial charge < -0.3 is 5.73 Å². The largest absolute Gasteiger partial charge is 0.326 e. The number of hydrogen-bond donors (Lipinski definition) is 1. The van der Waals surface area contributed by atoms with Crippen molar-refractivity contribution in [1.29, 1.82) is 0 Å². The van der Waals surface area contributed by atoms with Crippen LogP contribution in [-0.2, 0) is 0 Å². The molecule has 0 saturated carbocycles. The molecule has 0 aromatic carbocycles. The van der Waals surface area contributed by atoms with Crippen molar-refractivity contribution in [2.24, 2.45) is 22.6 Å². The van der Waals surface area contributed by atoms with Gasteiger partial charge in [0.1, 0.15) is 0 Å². The van der Waals surface area contributed by atoms with Crippen LogP contribution in [0.1, 0.15) is 87.0 Å². The van der Waals surface area contributed by atoms with E-state index in [4.69, 9.17) is 10.7 Å². The summed E-state index contributed by atoms with van der Waals surface area (Å²) in [5, 5.41) is 0. The molecule has 0 aromatic rings. The van der Waals surface area contributed by atoms with Gasteiger partial charge in [0.2, 0.25) is 0 Å². The van der Waals surface area contributed by atoms with E-state index in [2.05, 4.69) is 59.6 Å². The molecule has 0 aliphatic heterocycles. The number of rotatable bonds is 13. The first-order chi connectivity index (χ1) is 10.7. The fraction of sp³-hybridized carbons (Fsp3) is 0.950. The second-order valence-electron chi connectivity index (χ2n) is 8.19. The van der Waals surface area contributed by atoms with E-state index in [9.17, 15) is 0 Å². The van der Waals surface area contributed by atoms with Gasteiger partial charge in [-0.3, -0.25) is 9.89 Å². The molecule has 3 heteroatoms. The molecule has 0 rings (SSSR count). The SMILES string of the molecule is CCCCN(CN=CC(CC)CC)C(CC(C)C)CC(C)(C)N. The van der Waals surface area contributed by atoms with Crippen LogP contribution in [0.4, 0.5) is 0 Å². The van der Waals surface area contributed by atoms with Crippen LogP contribution < -0.4 is 5.73 Å². The Morgan fingerprint density at radius 2 is 1.74 bits per heavy atom. The number of hydrogen-bond acceptors (Lipinski definition) is 3. The molecule has 2 N–H and O–H groups in total. The lowest BCUT2D eigenvalue weighted by Crippen LogP contribution is -2.45. The molecular weight excluding hydrogens is 282 g/mol. The van der Waals surface area contributed by atoms with Gasteiger partial charge in [0, 0.05) is 24.3 Å². The van der Waals surface area contributed by atoms with E-state index in [1.165, 1.54) is 32.1 Å². The molecule has 0 amide bonds. The topological polar surface area (TPSA) is 41.6 Å². The summed E-state index contributed by atoms with van der Waals surface area (Å²) in [6.07, 6.45) is 9.24. The Morgan fingerprint density at radius 1 is 1.13 bits per heavy atom. The Hall–Kier alpha value is -0.410. The lowest BCUT2D eigenvalue weighted by molar-refractivity contribution is 0.147. The second kappa shape index (κ2) is 12.0. The zero-order valence-corrected chi connectivity index (χ0v) is 16.9. The van der Waals surface area contributed by atoms with Gasteiger partial charge >= 0.3 is 0 Å². The van der Waals surface area contributed by atoms with Gasteiger partial charge in [0.15, 0.2) is 0 Å². The standard InChI is InChI=1S/C20H43N3/c1-8-11-12-23(16-22-15-18(9-2)10-3)19(13-17(4)5)14-20(6,7)21/h15,17-19H,8-14,16,21H2,1-7H3. The molecule has 23 heavy (non-hydrogen) atoms. The van der Waals surface area contributed by atoms with E-state index < -0.39 is 0 Å². The number of nitrogens with two attached hydrogens (primary N) is 1. The van der Waals surface area contributed by atoms with Crippen LogP contribution in [-0.4, -0.2) is 35.9 Å². The van der Waals surface area contributed by atoms with E-state index >= 15 is 0 Å². The quantitative estimate of drug-likeness (QED) is 0.479. The molecule has 0 aliphatic carbocycles. The van der Waals surface area contributed by atoms with Crippen LogP contribution in [0.25, 0.3) is 0 Å². The maximum atomic E-state index is 6.33. The van der Waals surface area contributed by atoms with Crippen molar-refractivity contribution in [3.05, 3.63) is 0 Å². The molecule has 138 valence electrons. The third-order valence-corrected chi connectivity index (χ3v) is 4.45. The van der Waals surface area contributed by atoms with Gasteiger partial charge in [-0.15, -0.1) is 0 Å². The van der Waals surface area contributed by atoms with Gasteiger partial charge in [0.05, 0.1) is 6.67 Å². The normalized spacial score (nSPS) is 14.6. The van der Waals surface area contributed by atoms with E-state index in [1.807, 2.05) is 0 Å². The summed E-state index contributed by atoms with van der Waals surface area (Å²) in [5.74, 6) is 1.31. The zero-order chi connectivity index (χ0) is 17.9. The first kappa shape index (κ1) is 22.6. The van der Waals surface area contributed by atoms with Crippen LogP contribution in [0.2, 0.25) is 0 Å². The Kier molecular flexibility index (Phi) is 11.8. The van der Waals surface area contributed by atoms with Gasteiger partial charge in [-0.2, -0.15) is 0 Å². The molecule has 1 atom stereocenters. The molecule has 0 aromatic heterocycles.